The van der Waals surface area contributed by atoms with Crippen molar-refractivity contribution in [1.29, 1.82) is 0 Å². The molecule has 0 saturated heterocycles. The molecule has 4 aromatic rings. The number of anilines is 1. The summed E-state index contributed by atoms with van der Waals surface area (Å²) < 4.78 is 6.15. The van der Waals surface area contributed by atoms with Crippen LogP contribution in [-0.4, -0.2) is 28.1 Å². The van der Waals surface area contributed by atoms with Gasteiger partial charge in [0, 0.05) is 18.0 Å². The third-order valence-electron chi connectivity index (χ3n) is 4.33. The van der Waals surface area contributed by atoms with E-state index in [2.05, 4.69) is 15.3 Å². The summed E-state index contributed by atoms with van der Waals surface area (Å²) in [6, 6.07) is 15.9. The molecule has 2 heterocycles. The number of carbonyl (C=O) groups excluding carboxylic acids is 1. The maximum Gasteiger partial charge on any atom is 0.257 e. The van der Waals surface area contributed by atoms with E-state index >= 15 is 0 Å². The first-order chi connectivity index (χ1) is 13.6. The lowest BCUT2D eigenvalue weighted by Gasteiger charge is -2.11. The average molecular weight is 391 g/mol. The van der Waals surface area contributed by atoms with Gasteiger partial charge in [-0.05, 0) is 53.6 Å². The molecule has 4 rings (SSSR count). The fraction of sp³-hybridized carbons (Fsp3) is 0.0952. The van der Waals surface area contributed by atoms with Crippen LogP contribution in [0.5, 0.6) is 5.75 Å². The Bertz CT molecular complexity index is 1110. The number of fused-ring (bicyclic) bond motifs is 1. The minimum absolute atomic E-state index is 0.254. The van der Waals surface area contributed by atoms with Gasteiger partial charge in [0.2, 0.25) is 0 Å². The van der Waals surface area contributed by atoms with E-state index in [4.69, 9.17) is 4.74 Å². The number of nitrogens with zero attached hydrogens (tertiary/aromatic N) is 2. The van der Waals surface area contributed by atoms with Crippen molar-refractivity contribution in [2.24, 2.45) is 0 Å². The summed E-state index contributed by atoms with van der Waals surface area (Å²) in [5.41, 5.74) is 2.74. The summed E-state index contributed by atoms with van der Waals surface area (Å²) in [5, 5.41) is 13.8. The highest BCUT2D eigenvalue weighted by molar-refractivity contribution is 7.22. The molecule has 28 heavy (non-hydrogen) atoms. The lowest BCUT2D eigenvalue weighted by molar-refractivity contribution is 0.102. The van der Waals surface area contributed by atoms with E-state index in [0.717, 1.165) is 21.5 Å². The van der Waals surface area contributed by atoms with Gasteiger partial charge in [0.1, 0.15) is 11.9 Å². The molecular formula is C21H17N3O3S. The van der Waals surface area contributed by atoms with Crippen LogP contribution in [0.1, 0.15) is 27.6 Å². The third-order valence-corrected chi connectivity index (χ3v) is 5.26. The second-order valence-electron chi connectivity index (χ2n) is 6.11. The average Bonchev–Trinajstić information content (AvgIpc) is 3.15. The van der Waals surface area contributed by atoms with Crippen molar-refractivity contribution >= 4 is 32.6 Å². The molecular weight excluding hydrogens is 374 g/mol. The zero-order valence-corrected chi connectivity index (χ0v) is 15.8. The van der Waals surface area contributed by atoms with Crippen LogP contribution in [0, 0.1) is 0 Å². The Morgan fingerprint density at radius 2 is 1.79 bits per heavy atom. The van der Waals surface area contributed by atoms with Crippen LogP contribution in [0.4, 0.5) is 5.13 Å². The SMILES string of the molecule is COc1ccc2nc(NC(=O)c3ccc(C(O)c4ccncc4)cc3)sc2c1. The number of ether oxygens (including phenoxy) is 1. The van der Waals surface area contributed by atoms with Gasteiger partial charge < -0.3 is 9.84 Å². The zero-order valence-electron chi connectivity index (χ0n) is 15.0. The van der Waals surface area contributed by atoms with Gasteiger partial charge in [-0.2, -0.15) is 0 Å². The molecule has 1 amide bonds. The van der Waals surface area contributed by atoms with Crippen molar-refractivity contribution in [3.8, 4) is 5.75 Å². The molecule has 140 valence electrons. The van der Waals surface area contributed by atoms with E-state index in [1.165, 1.54) is 11.3 Å². The lowest BCUT2D eigenvalue weighted by atomic mass is 10.0. The summed E-state index contributed by atoms with van der Waals surface area (Å²) in [7, 11) is 1.61. The number of methoxy groups -OCH3 is 1. The van der Waals surface area contributed by atoms with Crippen molar-refractivity contribution in [3.63, 3.8) is 0 Å². The van der Waals surface area contributed by atoms with Gasteiger partial charge in [0.15, 0.2) is 5.13 Å². The normalized spacial score (nSPS) is 11.9. The summed E-state index contributed by atoms with van der Waals surface area (Å²) in [6.45, 7) is 0. The molecule has 6 nitrogen and oxygen atoms in total. The minimum atomic E-state index is -0.764. The zero-order chi connectivity index (χ0) is 19.5. The molecule has 1 atom stereocenters. The number of aromatic nitrogens is 2. The van der Waals surface area contributed by atoms with Crippen LogP contribution in [-0.2, 0) is 0 Å². The number of carbonyl (C=O) groups is 1. The van der Waals surface area contributed by atoms with Gasteiger partial charge >= 0.3 is 0 Å². The van der Waals surface area contributed by atoms with Crippen LogP contribution in [0.3, 0.4) is 0 Å². The molecule has 0 spiro atoms. The molecule has 2 aromatic heterocycles. The fourth-order valence-electron chi connectivity index (χ4n) is 2.81. The third kappa shape index (κ3) is 3.71. The maximum absolute atomic E-state index is 12.5. The molecule has 7 heteroatoms. The number of amides is 1. The van der Waals surface area contributed by atoms with Gasteiger partial charge in [0.05, 0.1) is 17.3 Å². The number of aliphatic hydroxyl groups is 1. The number of rotatable bonds is 5. The van der Waals surface area contributed by atoms with E-state index in [-0.39, 0.29) is 5.91 Å². The molecule has 1 unspecified atom stereocenters. The Labute approximate surface area is 165 Å². The predicted molar refractivity (Wildman–Crippen MR) is 109 cm³/mol. The topological polar surface area (TPSA) is 84.3 Å². The van der Waals surface area contributed by atoms with Crippen LogP contribution in [0.2, 0.25) is 0 Å². The molecule has 0 radical (unpaired) electrons. The van der Waals surface area contributed by atoms with E-state index < -0.39 is 6.10 Å². The highest BCUT2D eigenvalue weighted by atomic mass is 32.1. The molecule has 0 aliphatic heterocycles. The van der Waals surface area contributed by atoms with Crippen LogP contribution < -0.4 is 10.1 Å². The molecule has 2 N–H and O–H groups in total. The van der Waals surface area contributed by atoms with Crippen molar-refractivity contribution in [1.82, 2.24) is 9.97 Å². The number of nitrogens with one attached hydrogen (secondary N) is 1. The summed E-state index contributed by atoms with van der Waals surface area (Å²) in [4.78, 5) is 20.9. The number of hydrogen-bond acceptors (Lipinski definition) is 6. The second kappa shape index (κ2) is 7.75. The van der Waals surface area contributed by atoms with Crippen LogP contribution >= 0.6 is 11.3 Å². The Balaban J connectivity index is 1.49. The number of aliphatic hydroxyl groups excluding tert-OH is 1. The molecule has 0 aliphatic rings. The van der Waals surface area contributed by atoms with Crippen molar-refractivity contribution in [2.75, 3.05) is 12.4 Å². The highest BCUT2D eigenvalue weighted by Gasteiger charge is 2.13. The number of thiazole rings is 1. The van der Waals surface area contributed by atoms with Crippen molar-refractivity contribution in [2.45, 2.75) is 6.10 Å². The number of hydrogen-bond donors (Lipinski definition) is 2. The standard InChI is InChI=1S/C21H17N3O3S/c1-27-16-6-7-17-18(12-16)28-21(23-17)24-20(26)15-4-2-13(3-5-15)19(25)14-8-10-22-11-9-14/h2-12,19,25H,1H3,(H,23,24,26). The van der Waals surface area contributed by atoms with E-state index in [9.17, 15) is 9.90 Å². The quantitative estimate of drug-likeness (QED) is 0.536. The monoisotopic (exact) mass is 391 g/mol. The molecule has 2 aromatic carbocycles. The molecule has 0 aliphatic carbocycles. The number of pyridine rings is 1. The largest absolute Gasteiger partial charge is 0.497 e. The summed E-state index contributed by atoms with van der Waals surface area (Å²) in [5.74, 6) is 0.494. The van der Waals surface area contributed by atoms with Crippen LogP contribution in [0.25, 0.3) is 10.2 Å². The van der Waals surface area contributed by atoms with E-state index in [1.807, 2.05) is 18.2 Å². The first-order valence-corrected chi connectivity index (χ1v) is 9.39. The van der Waals surface area contributed by atoms with Crippen LogP contribution in [0.15, 0.2) is 67.0 Å². The summed E-state index contributed by atoms with van der Waals surface area (Å²) >= 11 is 1.39. The molecule has 0 fully saturated rings. The molecule has 0 bridgehead atoms. The Morgan fingerprint density at radius 1 is 1.07 bits per heavy atom. The Kier molecular flexibility index (Phi) is 5.01. The first kappa shape index (κ1) is 18.1. The smallest absolute Gasteiger partial charge is 0.257 e. The summed E-state index contributed by atoms with van der Waals surface area (Å²) in [6.07, 6.45) is 2.50. The van der Waals surface area contributed by atoms with E-state index in [1.54, 1.807) is 55.9 Å². The van der Waals surface area contributed by atoms with Crippen molar-refractivity contribution in [3.05, 3.63) is 83.7 Å². The van der Waals surface area contributed by atoms with Gasteiger partial charge in [-0.25, -0.2) is 4.98 Å². The van der Waals surface area contributed by atoms with Gasteiger partial charge in [-0.3, -0.25) is 15.1 Å². The van der Waals surface area contributed by atoms with Gasteiger partial charge in [-0.1, -0.05) is 23.5 Å². The first-order valence-electron chi connectivity index (χ1n) is 8.58. The second-order valence-corrected chi connectivity index (χ2v) is 7.14. The maximum atomic E-state index is 12.5. The predicted octanol–water partition coefficient (Wildman–Crippen LogP) is 4.03. The van der Waals surface area contributed by atoms with Gasteiger partial charge in [-0.15, -0.1) is 0 Å². The molecule has 0 saturated carbocycles. The minimum Gasteiger partial charge on any atom is -0.497 e. The van der Waals surface area contributed by atoms with Gasteiger partial charge in [0.25, 0.3) is 5.91 Å². The lowest BCUT2D eigenvalue weighted by Crippen LogP contribution is -2.11. The van der Waals surface area contributed by atoms with E-state index in [0.29, 0.717) is 16.3 Å². The Hall–Kier alpha value is -3.29. The number of benzene rings is 2. The fourth-order valence-corrected chi connectivity index (χ4v) is 3.70. The highest BCUT2D eigenvalue weighted by Crippen LogP contribution is 2.29. The Morgan fingerprint density at radius 3 is 2.50 bits per heavy atom. The van der Waals surface area contributed by atoms with Crippen molar-refractivity contribution < 1.29 is 14.6 Å².